The van der Waals surface area contributed by atoms with E-state index in [1.165, 1.54) is 7.11 Å². The number of furan rings is 1. The highest BCUT2D eigenvalue weighted by Gasteiger charge is 2.13. The summed E-state index contributed by atoms with van der Waals surface area (Å²) in [6.07, 6.45) is 0. The van der Waals surface area contributed by atoms with E-state index >= 15 is 0 Å². The number of para-hydroxylation sites is 1. The van der Waals surface area contributed by atoms with E-state index < -0.39 is 0 Å². The van der Waals surface area contributed by atoms with Crippen molar-refractivity contribution in [1.82, 2.24) is 0 Å². The fourth-order valence-corrected chi connectivity index (χ4v) is 1.59. The first-order chi connectivity index (χ1) is 7.22. The molecule has 3 nitrogen and oxygen atoms in total. The van der Waals surface area contributed by atoms with E-state index in [1.807, 2.05) is 12.1 Å². The SMILES string of the molecule is COCC(=O)c1cc2cccc(Cl)c2o1. The Hall–Kier alpha value is -1.32. The van der Waals surface area contributed by atoms with Gasteiger partial charge in [0.2, 0.25) is 5.78 Å². The summed E-state index contributed by atoms with van der Waals surface area (Å²) in [6, 6.07) is 7.04. The summed E-state index contributed by atoms with van der Waals surface area (Å²) in [5.74, 6) is 0.0877. The molecule has 0 aliphatic carbocycles. The Kier molecular flexibility index (Phi) is 2.75. The second kappa shape index (κ2) is 4.04. The van der Waals surface area contributed by atoms with E-state index in [-0.39, 0.29) is 18.2 Å². The van der Waals surface area contributed by atoms with Gasteiger partial charge in [0.05, 0.1) is 5.02 Å². The van der Waals surface area contributed by atoms with Crippen LogP contribution in [0.1, 0.15) is 10.6 Å². The molecule has 0 saturated carbocycles. The van der Waals surface area contributed by atoms with Gasteiger partial charge in [-0.1, -0.05) is 23.7 Å². The van der Waals surface area contributed by atoms with Crippen molar-refractivity contribution >= 4 is 28.4 Å². The van der Waals surface area contributed by atoms with Gasteiger partial charge in [-0.25, -0.2) is 0 Å². The normalized spacial score (nSPS) is 10.8. The van der Waals surface area contributed by atoms with Crippen LogP contribution >= 0.6 is 11.6 Å². The zero-order chi connectivity index (χ0) is 10.8. The van der Waals surface area contributed by atoms with Crippen LogP contribution in [0.25, 0.3) is 11.0 Å². The first-order valence-corrected chi connectivity index (χ1v) is 4.80. The number of ketones is 1. The van der Waals surface area contributed by atoms with Crippen LogP contribution in [0, 0.1) is 0 Å². The van der Waals surface area contributed by atoms with Crippen molar-refractivity contribution in [2.75, 3.05) is 13.7 Å². The number of benzene rings is 1. The molecule has 0 N–H and O–H groups in total. The Morgan fingerprint density at radius 3 is 3.00 bits per heavy atom. The van der Waals surface area contributed by atoms with Gasteiger partial charge in [0.25, 0.3) is 0 Å². The van der Waals surface area contributed by atoms with Crippen LogP contribution in [0.15, 0.2) is 28.7 Å². The molecule has 0 amide bonds. The van der Waals surface area contributed by atoms with Crippen molar-refractivity contribution in [3.8, 4) is 0 Å². The van der Waals surface area contributed by atoms with Crippen molar-refractivity contribution in [3.63, 3.8) is 0 Å². The second-order valence-corrected chi connectivity index (χ2v) is 3.53. The van der Waals surface area contributed by atoms with Gasteiger partial charge in [0, 0.05) is 12.5 Å². The smallest absolute Gasteiger partial charge is 0.223 e. The van der Waals surface area contributed by atoms with Gasteiger partial charge in [0.1, 0.15) is 6.61 Å². The van der Waals surface area contributed by atoms with Gasteiger partial charge >= 0.3 is 0 Å². The fraction of sp³-hybridized carbons (Fsp3) is 0.182. The standard InChI is InChI=1S/C11H9ClO3/c1-14-6-9(13)10-5-7-3-2-4-8(12)11(7)15-10/h2-5H,6H2,1H3. The topological polar surface area (TPSA) is 39.4 Å². The molecule has 0 aliphatic heterocycles. The van der Waals surface area contributed by atoms with Gasteiger partial charge in [-0.3, -0.25) is 4.79 Å². The first-order valence-electron chi connectivity index (χ1n) is 4.42. The van der Waals surface area contributed by atoms with Crippen LogP contribution in [-0.4, -0.2) is 19.5 Å². The Labute approximate surface area is 91.6 Å². The molecule has 0 spiro atoms. The molecule has 4 heteroatoms. The van der Waals surface area contributed by atoms with Crippen LogP contribution in [0.3, 0.4) is 0 Å². The number of hydrogen-bond acceptors (Lipinski definition) is 3. The maximum atomic E-state index is 11.5. The van der Waals surface area contributed by atoms with Crippen molar-refractivity contribution in [2.24, 2.45) is 0 Å². The van der Waals surface area contributed by atoms with Crippen molar-refractivity contribution in [1.29, 1.82) is 0 Å². The number of carbonyl (C=O) groups excluding carboxylic acids is 1. The lowest BCUT2D eigenvalue weighted by Gasteiger charge is -1.93. The maximum absolute atomic E-state index is 11.5. The molecule has 2 rings (SSSR count). The Morgan fingerprint density at radius 1 is 1.53 bits per heavy atom. The summed E-state index contributed by atoms with van der Waals surface area (Å²) in [5.41, 5.74) is 0.540. The molecular weight excluding hydrogens is 216 g/mol. The molecule has 0 fully saturated rings. The molecule has 2 aromatic rings. The molecule has 15 heavy (non-hydrogen) atoms. The highest BCUT2D eigenvalue weighted by Crippen LogP contribution is 2.26. The third-order valence-electron chi connectivity index (χ3n) is 2.05. The van der Waals surface area contributed by atoms with E-state index in [4.69, 9.17) is 20.8 Å². The minimum atomic E-state index is -0.190. The van der Waals surface area contributed by atoms with Crippen molar-refractivity contribution in [2.45, 2.75) is 0 Å². The molecular formula is C11H9ClO3. The van der Waals surface area contributed by atoms with Crippen LogP contribution < -0.4 is 0 Å². The third-order valence-corrected chi connectivity index (χ3v) is 2.34. The minimum Gasteiger partial charge on any atom is -0.451 e. The largest absolute Gasteiger partial charge is 0.451 e. The van der Waals surface area contributed by atoms with Crippen LogP contribution in [0.5, 0.6) is 0 Å². The number of fused-ring (bicyclic) bond motifs is 1. The average Bonchev–Trinajstić information content (AvgIpc) is 2.63. The predicted octanol–water partition coefficient (Wildman–Crippen LogP) is 2.92. The molecule has 0 aliphatic rings. The van der Waals surface area contributed by atoms with Gasteiger partial charge in [-0.15, -0.1) is 0 Å². The van der Waals surface area contributed by atoms with Gasteiger partial charge in [0.15, 0.2) is 11.3 Å². The average molecular weight is 225 g/mol. The van der Waals surface area contributed by atoms with Crippen molar-refractivity contribution < 1.29 is 13.9 Å². The Balaban J connectivity index is 2.47. The number of methoxy groups -OCH3 is 1. The maximum Gasteiger partial charge on any atom is 0.223 e. The number of ether oxygens (including phenoxy) is 1. The summed E-state index contributed by atoms with van der Waals surface area (Å²) in [7, 11) is 1.47. The number of Topliss-reactive ketones (excluding diaryl/α,β-unsaturated/α-hetero) is 1. The van der Waals surface area contributed by atoms with E-state index in [2.05, 4.69) is 0 Å². The van der Waals surface area contributed by atoms with Gasteiger partial charge in [-0.05, 0) is 12.1 Å². The summed E-state index contributed by atoms with van der Waals surface area (Å²) >= 11 is 5.92. The zero-order valence-corrected chi connectivity index (χ0v) is 8.88. The number of rotatable bonds is 3. The molecule has 0 saturated heterocycles. The predicted molar refractivity (Wildman–Crippen MR) is 57.4 cm³/mol. The third kappa shape index (κ3) is 1.89. The summed E-state index contributed by atoms with van der Waals surface area (Å²) < 4.78 is 10.1. The van der Waals surface area contributed by atoms with Crippen LogP contribution in [0.4, 0.5) is 0 Å². The molecule has 0 bridgehead atoms. The highest BCUT2D eigenvalue weighted by molar-refractivity contribution is 6.34. The highest BCUT2D eigenvalue weighted by atomic mass is 35.5. The van der Waals surface area contributed by atoms with E-state index in [1.54, 1.807) is 12.1 Å². The van der Waals surface area contributed by atoms with Crippen LogP contribution in [-0.2, 0) is 4.74 Å². The molecule has 0 unspecified atom stereocenters. The molecule has 78 valence electrons. The quantitative estimate of drug-likeness (QED) is 0.753. The number of halogens is 1. The second-order valence-electron chi connectivity index (χ2n) is 3.13. The lowest BCUT2D eigenvalue weighted by atomic mass is 10.2. The molecule has 1 aromatic carbocycles. The van der Waals surface area contributed by atoms with E-state index in [0.29, 0.717) is 10.6 Å². The lowest BCUT2D eigenvalue weighted by Crippen LogP contribution is -2.05. The molecule has 1 aromatic heterocycles. The van der Waals surface area contributed by atoms with Crippen LogP contribution in [0.2, 0.25) is 5.02 Å². The van der Waals surface area contributed by atoms with Crippen molar-refractivity contribution in [3.05, 3.63) is 35.0 Å². The molecule has 0 atom stereocenters. The van der Waals surface area contributed by atoms with E-state index in [0.717, 1.165) is 5.39 Å². The monoisotopic (exact) mass is 224 g/mol. The molecule has 0 radical (unpaired) electrons. The summed E-state index contributed by atoms with van der Waals surface area (Å²) in [5, 5.41) is 1.32. The minimum absolute atomic E-state index is 0.0114. The Bertz CT molecular complexity index is 502. The lowest BCUT2D eigenvalue weighted by molar-refractivity contribution is 0.0822. The summed E-state index contributed by atoms with van der Waals surface area (Å²) in [4.78, 5) is 11.5. The number of carbonyl (C=O) groups is 1. The first kappa shape index (κ1) is 10.2. The summed E-state index contributed by atoms with van der Waals surface area (Å²) in [6.45, 7) is 0.0114. The van der Waals surface area contributed by atoms with Gasteiger partial charge in [-0.2, -0.15) is 0 Å². The zero-order valence-electron chi connectivity index (χ0n) is 8.12. The number of hydrogen-bond donors (Lipinski definition) is 0. The Morgan fingerprint density at radius 2 is 2.33 bits per heavy atom. The fourth-order valence-electron chi connectivity index (χ4n) is 1.37. The van der Waals surface area contributed by atoms with E-state index in [9.17, 15) is 4.79 Å². The molecule has 1 heterocycles. The van der Waals surface area contributed by atoms with Gasteiger partial charge < -0.3 is 9.15 Å².